The van der Waals surface area contributed by atoms with Crippen LogP contribution >= 0.6 is 0 Å². The van der Waals surface area contributed by atoms with Crippen LogP contribution in [0.15, 0.2) is 23.1 Å². The van der Waals surface area contributed by atoms with Crippen LogP contribution in [0.1, 0.15) is 33.1 Å². The zero-order chi connectivity index (χ0) is 14.8. The number of hydrogen-bond acceptors (Lipinski definition) is 3. The van der Waals surface area contributed by atoms with E-state index in [4.69, 9.17) is 5.73 Å². The van der Waals surface area contributed by atoms with Gasteiger partial charge < -0.3 is 15.2 Å². The molecule has 2 heterocycles. The third kappa shape index (κ3) is 3.62. The van der Waals surface area contributed by atoms with E-state index in [0.29, 0.717) is 25.2 Å². The van der Waals surface area contributed by atoms with Gasteiger partial charge in [-0.3, -0.25) is 9.59 Å². The van der Waals surface area contributed by atoms with Gasteiger partial charge in [0, 0.05) is 44.0 Å². The standard InChI is InChI=1S/C15H23N3O2/c1-15(2)6-5-14(20)17(8-7-15)9-10-18-11-12(16)3-4-13(18)19/h3-4,11H,5-10,16H2,1-2H3. The fourth-order valence-corrected chi connectivity index (χ4v) is 2.48. The number of amides is 1. The first kappa shape index (κ1) is 14.6. The molecule has 1 aromatic rings. The molecule has 1 saturated heterocycles. The Kier molecular flexibility index (Phi) is 4.16. The number of likely N-dealkylation sites (tertiary alicyclic amines) is 1. The number of nitrogens with zero attached hydrogens (tertiary/aromatic N) is 2. The topological polar surface area (TPSA) is 68.3 Å². The first-order valence-electron chi connectivity index (χ1n) is 7.11. The summed E-state index contributed by atoms with van der Waals surface area (Å²) in [5, 5.41) is 0. The molecule has 5 heteroatoms. The molecule has 0 unspecified atom stereocenters. The summed E-state index contributed by atoms with van der Waals surface area (Å²) in [7, 11) is 0. The van der Waals surface area contributed by atoms with E-state index >= 15 is 0 Å². The minimum atomic E-state index is -0.0817. The van der Waals surface area contributed by atoms with Crippen LogP contribution in [0.5, 0.6) is 0 Å². The molecule has 1 amide bonds. The SMILES string of the molecule is CC1(C)CCC(=O)N(CCn2cc(N)ccc2=O)CC1. The molecule has 5 nitrogen and oxygen atoms in total. The Hall–Kier alpha value is -1.78. The lowest BCUT2D eigenvalue weighted by molar-refractivity contribution is -0.130. The lowest BCUT2D eigenvalue weighted by atomic mass is 9.85. The van der Waals surface area contributed by atoms with Gasteiger partial charge in [0.2, 0.25) is 5.91 Å². The largest absolute Gasteiger partial charge is 0.398 e. The summed E-state index contributed by atoms with van der Waals surface area (Å²) in [6, 6.07) is 3.06. The van der Waals surface area contributed by atoms with Crippen LogP contribution in [0.25, 0.3) is 0 Å². The van der Waals surface area contributed by atoms with Gasteiger partial charge in [-0.25, -0.2) is 0 Å². The number of pyridine rings is 1. The third-order valence-electron chi connectivity index (χ3n) is 4.04. The minimum absolute atomic E-state index is 0.0817. The second kappa shape index (κ2) is 5.69. The summed E-state index contributed by atoms with van der Waals surface area (Å²) in [6.07, 6.45) is 4.17. The number of carbonyl (C=O) groups is 1. The van der Waals surface area contributed by atoms with Gasteiger partial charge in [-0.05, 0) is 24.3 Å². The summed E-state index contributed by atoms with van der Waals surface area (Å²) < 4.78 is 1.57. The van der Waals surface area contributed by atoms with Crippen LogP contribution in [-0.4, -0.2) is 28.5 Å². The van der Waals surface area contributed by atoms with Gasteiger partial charge >= 0.3 is 0 Å². The maximum Gasteiger partial charge on any atom is 0.250 e. The molecule has 0 radical (unpaired) electrons. The van der Waals surface area contributed by atoms with E-state index in [1.807, 2.05) is 4.90 Å². The highest BCUT2D eigenvalue weighted by atomic mass is 16.2. The molecule has 2 rings (SSSR count). The van der Waals surface area contributed by atoms with Crippen molar-refractivity contribution in [3.63, 3.8) is 0 Å². The lowest BCUT2D eigenvalue weighted by Crippen LogP contribution is -2.35. The van der Waals surface area contributed by atoms with Crippen molar-refractivity contribution in [2.24, 2.45) is 5.41 Å². The average molecular weight is 277 g/mol. The van der Waals surface area contributed by atoms with Gasteiger partial charge in [-0.15, -0.1) is 0 Å². The molecule has 0 bridgehead atoms. The summed E-state index contributed by atoms with van der Waals surface area (Å²) in [5.74, 6) is 0.188. The Morgan fingerprint density at radius 3 is 2.70 bits per heavy atom. The summed E-state index contributed by atoms with van der Waals surface area (Å²) in [6.45, 7) is 6.23. The molecule has 0 aromatic carbocycles. The number of nitrogen functional groups attached to an aromatic ring is 1. The Labute approximate surface area is 119 Å². The summed E-state index contributed by atoms with van der Waals surface area (Å²) in [4.78, 5) is 25.7. The Morgan fingerprint density at radius 1 is 1.20 bits per heavy atom. The van der Waals surface area contributed by atoms with Gasteiger partial charge in [-0.1, -0.05) is 13.8 Å². The highest BCUT2D eigenvalue weighted by molar-refractivity contribution is 5.76. The van der Waals surface area contributed by atoms with Gasteiger partial charge in [0.1, 0.15) is 0 Å². The smallest absolute Gasteiger partial charge is 0.250 e. The lowest BCUT2D eigenvalue weighted by Gasteiger charge is -2.23. The zero-order valence-electron chi connectivity index (χ0n) is 12.3. The van der Waals surface area contributed by atoms with E-state index in [1.54, 1.807) is 16.8 Å². The molecular weight excluding hydrogens is 254 g/mol. The second-order valence-electron chi connectivity index (χ2n) is 6.29. The summed E-state index contributed by atoms with van der Waals surface area (Å²) >= 11 is 0. The molecule has 0 atom stereocenters. The van der Waals surface area contributed by atoms with E-state index in [-0.39, 0.29) is 16.9 Å². The van der Waals surface area contributed by atoms with Crippen molar-refractivity contribution < 1.29 is 4.79 Å². The first-order chi connectivity index (χ1) is 9.37. The molecule has 0 aliphatic carbocycles. The predicted octanol–water partition coefficient (Wildman–Crippen LogP) is 1.47. The van der Waals surface area contributed by atoms with Crippen LogP contribution < -0.4 is 11.3 Å². The van der Waals surface area contributed by atoms with E-state index in [1.165, 1.54) is 6.07 Å². The highest BCUT2D eigenvalue weighted by Crippen LogP contribution is 2.30. The second-order valence-corrected chi connectivity index (χ2v) is 6.29. The number of nitrogens with two attached hydrogens (primary N) is 1. The molecule has 1 aromatic heterocycles. The normalized spacial score (nSPS) is 18.9. The van der Waals surface area contributed by atoms with E-state index in [0.717, 1.165) is 19.4 Å². The van der Waals surface area contributed by atoms with Gasteiger partial charge in [0.25, 0.3) is 5.56 Å². The number of anilines is 1. The van der Waals surface area contributed by atoms with Crippen LogP contribution in [0.3, 0.4) is 0 Å². The number of rotatable bonds is 3. The maximum absolute atomic E-state index is 12.1. The Balaban J connectivity index is 2.01. The third-order valence-corrected chi connectivity index (χ3v) is 4.04. The van der Waals surface area contributed by atoms with Gasteiger partial charge in [0.05, 0.1) is 0 Å². The molecule has 0 saturated carbocycles. The van der Waals surface area contributed by atoms with Crippen molar-refractivity contribution in [2.75, 3.05) is 18.8 Å². The van der Waals surface area contributed by atoms with Crippen molar-refractivity contribution in [1.82, 2.24) is 9.47 Å². The molecular formula is C15H23N3O2. The van der Waals surface area contributed by atoms with E-state index in [2.05, 4.69) is 13.8 Å². The monoisotopic (exact) mass is 277 g/mol. The first-order valence-corrected chi connectivity index (χ1v) is 7.11. The van der Waals surface area contributed by atoms with E-state index < -0.39 is 0 Å². The number of hydrogen-bond donors (Lipinski definition) is 1. The van der Waals surface area contributed by atoms with Crippen molar-refractivity contribution >= 4 is 11.6 Å². The highest BCUT2D eigenvalue weighted by Gasteiger charge is 2.27. The molecule has 20 heavy (non-hydrogen) atoms. The molecule has 0 spiro atoms. The van der Waals surface area contributed by atoms with Gasteiger partial charge in [-0.2, -0.15) is 0 Å². The predicted molar refractivity (Wildman–Crippen MR) is 79.3 cm³/mol. The van der Waals surface area contributed by atoms with E-state index in [9.17, 15) is 9.59 Å². The van der Waals surface area contributed by atoms with Crippen LogP contribution in [0.4, 0.5) is 5.69 Å². The van der Waals surface area contributed by atoms with Crippen molar-refractivity contribution in [3.05, 3.63) is 28.7 Å². The molecule has 1 aliphatic rings. The van der Waals surface area contributed by atoms with Crippen LogP contribution in [-0.2, 0) is 11.3 Å². The Morgan fingerprint density at radius 2 is 1.95 bits per heavy atom. The summed E-state index contributed by atoms with van der Waals surface area (Å²) in [5.41, 5.74) is 6.39. The number of aromatic nitrogens is 1. The molecule has 1 aliphatic heterocycles. The molecule has 2 N–H and O–H groups in total. The van der Waals surface area contributed by atoms with Crippen molar-refractivity contribution in [1.29, 1.82) is 0 Å². The number of carbonyl (C=O) groups excluding carboxylic acids is 1. The Bertz CT molecular complexity index is 548. The minimum Gasteiger partial charge on any atom is -0.398 e. The maximum atomic E-state index is 12.1. The molecule has 110 valence electrons. The van der Waals surface area contributed by atoms with Crippen molar-refractivity contribution in [2.45, 2.75) is 39.7 Å². The average Bonchev–Trinajstić information content (AvgIpc) is 2.51. The quantitative estimate of drug-likeness (QED) is 0.909. The van der Waals surface area contributed by atoms with Crippen LogP contribution in [0.2, 0.25) is 0 Å². The van der Waals surface area contributed by atoms with Crippen molar-refractivity contribution in [3.8, 4) is 0 Å². The van der Waals surface area contributed by atoms with Gasteiger partial charge in [0.15, 0.2) is 0 Å². The fraction of sp³-hybridized carbons (Fsp3) is 0.600. The fourth-order valence-electron chi connectivity index (χ4n) is 2.48. The van der Waals surface area contributed by atoms with Crippen LogP contribution in [0, 0.1) is 5.41 Å². The zero-order valence-corrected chi connectivity index (χ0v) is 12.3. The molecule has 1 fully saturated rings.